The second kappa shape index (κ2) is 9.99. The molecule has 3 aromatic heterocycles. The lowest BCUT2D eigenvalue weighted by molar-refractivity contribution is 0.466. The van der Waals surface area contributed by atoms with Crippen LogP contribution in [0.1, 0.15) is 34.9 Å². The van der Waals surface area contributed by atoms with Crippen molar-refractivity contribution in [3.05, 3.63) is 138 Å². The minimum Gasteiger partial charge on any atom is -0.450 e. The van der Waals surface area contributed by atoms with E-state index in [4.69, 9.17) is 21.0 Å². The summed E-state index contributed by atoms with van der Waals surface area (Å²) in [6, 6.07) is 27.9. The summed E-state index contributed by atoms with van der Waals surface area (Å²) in [7, 11) is 0. The number of benzene rings is 3. The summed E-state index contributed by atoms with van der Waals surface area (Å²) in [6.07, 6.45) is 3.58. The molecule has 0 spiro atoms. The maximum atomic E-state index is 14.0. The van der Waals surface area contributed by atoms with Gasteiger partial charge in [-0.15, -0.1) is 11.3 Å². The minimum atomic E-state index is -0.240. The van der Waals surface area contributed by atoms with Gasteiger partial charge in [-0.2, -0.15) is 0 Å². The largest absolute Gasteiger partial charge is 0.450 e. The zero-order chi connectivity index (χ0) is 27.5. The van der Waals surface area contributed by atoms with E-state index in [2.05, 4.69) is 35.3 Å². The van der Waals surface area contributed by atoms with Gasteiger partial charge in [0.25, 0.3) is 5.56 Å². The number of halogens is 1. The van der Waals surface area contributed by atoms with Crippen LogP contribution in [0.2, 0.25) is 5.02 Å². The van der Waals surface area contributed by atoms with Crippen molar-refractivity contribution >= 4 is 68.0 Å². The molecule has 6 aromatic rings. The van der Waals surface area contributed by atoms with Crippen LogP contribution >= 0.6 is 46.0 Å². The molecule has 0 N–H and O–H groups in total. The third-order valence-electron chi connectivity index (χ3n) is 7.40. The van der Waals surface area contributed by atoms with Crippen molar-refractivity contribution in [2.45, 2.75) is 28.3 Å². The predicted octanol–water partition coefficient (Wildman–Crippen LogP) is 7.33. The van der Waals surface area contributed by atoms with Crippen LogP contribution in [-0.4, -0.2) is 9.55 Å². The molecule has 0 saturated heterocycles. The highest BCUT2D eigenvalue weighted by Gasteiger charge is 2.32. The summed E-state index contributed by atoms with van der Waals surface area (Å²) in [5, 5.41) is 1.40. The number of para-hydroxylation sites is 1. The highest BCUT2D eigenvalue weighted by atomic mass is 35.5. The molecule has 9 heteroatoms. The molecule has 1 atom stereocenters. The normalized spacial score (nSPS) is 16.4. The Morgan fingerprint density at radius 3 is 2.66 bits per heavy atom. The molecule has 3 aromatic carbocycles. The Labute approximate surface area is 251 Å². The van der Waals surface area contributed by atoms with Crippen molar-refractivity contribution in [1.29, 1.82) is 0 Å². The standard InChI is InChI=1S/C32H20ClN3O2S3/c33-20-12-9-19(10-13-20)29-23-15-11-18-5-1-2-6-22(18)28(23)35-31-36(29)30(37)26(39-31)17-21-14-16-27(38-21)41-32-34-24-7-3-4-8-25(24)40-32/h1-10,12-14,16-17,29H,11,15H2/b26-17-/t29-/m1/s1. The second-order valence-electron chi connectivity index (χ2n) is 9.87. The number of hydrogen-bond donors (Lipinski definition) is 0. The van der Waals surface area contributed by atoms with Crippen molar-refractivity contribution in [2.75, 3.05) is 0 Å². The summed E-state index contributed by atoms with van der Waals surface area (Å²) in [4.78, 5) is 24.4. The van der Waals surface area contributed by atoms with Crippen LogP contribution in [0.25, 0.3) is 22.0 Å². The molecular weight excluding hydrogens is 590 g/mol. The minimum absolute atomic E-state index is 0.0733. The monoisotopic (exact) mass is 609 g/mol. The van der Waals surface area contributed by atoms with Crippen molar-refractivity contribution in [3.8, 4) is 0 Å². The molecule has 200 valence electrons. The smallest absolute Gasteiger partial charge is 0.271 e. The Balaban J connectivity index is 1.22. The van der Waals surface area contributed by atoms with E-state index in [0.717, 1.165) is 54.9 Å². The van der Waals surface area contributed by atoms with E-state index in [0.29, 0.717) is 20.1 Å². The number of allylic oxidation sites excluding steroid dienone is 1. The fourth-order valence-electron chi connectivity index (χ4n) is 5.54. The van der Waals surface area contributed by atoms with Crippen LogP contribution in [0.3, 0.4) is 0 Å². The number of hydrogen-bond acceptors (Lipinski definition) is 7. The molecular formula is C32H20ClN3O2S3. The molecule has 0 unspecified atom stereocenters. The first-order chi connectivity index (χ1) is 20.1. The Morgan fingerprint density at radius 2 is 1.78 bits per heavy atom. The third kappa shape index (κ3) is 4.42. The van der Waals surface area contributed by atoms with Crippen LogP contribution in [-0.2, 0) is 6.42 Å². The van der Waals surface area contributed by atoms with Gasteiger partial charge in [-0.25, -0.2) is 9.98 Å². The number of fused-ring (bicyclic) bond motifs is 4. The van der Waals surface area contributed by atoms with Gasteiger partial charge < -0.3 is 4.42 Å². The van der Waals surface area contributed by atoms with E-state index in [9.17, 15) is 4.79 Å². The quantitative estimate of drug-likeness (QED) is 0.210. The number of aryl methyl sites for hydroxylation is 1. The van der Waals surface area contributed by atoms with Crippen LogP contribution in [0.15, 0.2) is 114 Å². The van der Waals surface area contributed by atoms with Crippen LogP contribution < -0.4 is 14.9 Å². The topological polar surface area (TPSA) is 60.4 Å². The Kier molecular flexibility index (Phi) is 6.11. The summed E-state index contributed by atoms with van der Waals surface area (Å²) in [6.45, 7) is 0. The zero-order valence-corrected chi connectivity index (χ0v) is 24.6. The maximum Gasteiger partial charge on any atom is 0.271 e. The molecule has 0 amide bonds. The predicted molar refractivity (Wildman–Crippen MR) is 167 cm³/mol. The van der Waals surface area contributed by atoms with Crippen molar-refractivity contribution in [1.82, 2.24) is 9.55 Å². The summed E-state index contributed by atoms with van der Waals surface area (Å²) >= 11 is 10.8. The van der Waals surface area contributed by atoms with Gasteiger partial charge in [0, 0.05) is 16.7 Å². The number of rotatable bonds is 4. The fourth-order valence-corrected chi connectivity index (χ4v) is 8.62. The summed E-state index contributed by atoms with van der Waals surface area (Å²) in [5.41, 5.74) is 6.51. The first-order valence-electron chi connectivity index (χ1n) is 13.1. The van der Waals surface area contributed by atoms with Crippen molar-refractivity contribution < 1.29 is 4.42 Å². The average Bonchev–Trinajstić information content (AvgIpc) is 3.70. The van der Waals surface area contributed by atoms with Gasteiger partial charge in [0.15, 0.2) is 14.2 Å². The van der Waals surface area contributed by atoms with Crippen molar-refractivity contribution in [3.63, 3.8) is 0 Å². The van der Waals surface area contributed by atoms with E-state index in [1.807, 2.05) is 65.2 Å². The highest BCUT2D eigenvalue weighted by molar-refractivity contribution is 8.01. The van der Waals surface area contributed by atoms with Gasteiger partial charge in [0.1, 0.15) is 5.76 Å². The molecule has 0 fully saturated rings. The van der Waals surface area contributed by atoms with E-state index < -0.39 is 0 Å². The van der Waals surface area contributed by atoms with Crippen LogP contribution in [0, 0.1) is 0 Å². The van der Waals surface area contributed by atoms with Gasteiger partial charge in [0.2, 0.25) is 0 Å². The molecule has 8 rings (SSSR count). The van der Waals surface area contributed by atoms with Crippen LogP contribution in [0.4, 0.5) is 0 Å². The van der Waals surface area contributed by atoms with E-state index in [-0.39, 0.29) is 11.6 Å². The molecule has 0 bridgehead atoms. The van der Waals surface area contributed by atoms with Gasteiger partial charge in [-0.1, -0.05) is 71.5 Å². The lowest BCUT2D eigenvalue weighted by atomic mass is 9.83. The van der Waals surface area contributed by atoms with Crippen LogP contribution in [0.5, 0.6) is 0 Å². The summed E-state index contributed by atoms with van der Waals surface area (Å²) < 4.78 is 10.6. The molecule has 1 aliphatic carbocycles. The molecule has 41 heavy (non-hydrogen) atoms. The Bertz CT molecular complexity index is 2150. The molecule has 0 saturated carbocycles. The summed E-state index contributed by atoms with van der Waals surface area (Å²) in [5.74, 6) is 0.621. The van der Waals surface area contributed by atoms with Gasteiger partial charge in [-0.05, 0) is 77.7 Å². The third-order valence-corrected chi connectivity index (χ3v) is 10.6. The number of nitrogens with zero attached hydrogens (tertiary/aromatic N) is 3. The molecule has 4 heterocycles. The first-order valence-corrected chi connectivity index (χ1v) is 16.0. The molecule has 2 aliphatic rings. The Hall–Kier alpha value is -3.69. The van der Waals surface area contributed by atoms with Gasteiger partial charge in [-0.3, -0.25) is 9.36 Å². The number of furan rings is 1. The highest BCUT2D eigenvalue weighted by Crippen LogP contribution is 2.41. The van der Waals surface area contributed by atoms with Gasteiger partial charge >= 0.3 is 0 Å². The van der Waals surface area contributed by atoms with E-state index in [1.165, 1.54) is 28.7 Å². The molecule has 0 radical (unpaired) electrons. The lowest BCUT2D eigenvalue weighted by Crippen LogP contribution is -2.38. The van der Waals surface area contributed by atoms with E-state index in [1.54, 1.807) is 11.3 Å². The lowest BCUT2D eigenvalue weighted by Gasteiger charge is -2.30. The SMILES string of the molecule is O=c1/c(=C/c2ccc(Sc3nc4ccccc4s3)o2)sc2n1[C@H](c1ccc(Cl)cc1)C1=C(N=2)c2ccccc2CC1. The van der Waals surface area contributed by atoms with Crippen molar-refractivity contribution in [2.24, 2.45) is 4.99 Å². The van der Waals surface area contributed by atoms with E-state index >= 15 is 0 Å². The fraction of sp³-hybridized carbons (Fsp3) is 0.0938. The number of thiazole rings is 2. The molecule has 1 aliphatic heterocycles. The Morgan fingerprint density at radius 1 is 0.951 bits per heavy atom. The van der Waals surface area contributed by atoms with Gasteiger partial charge in [0.05, 0.1) is 26.5 Å². The average molecular weight is 610 g/mol. The molecule has 5 nitrogen and oxygen atoms in total. The zero-order valence-electron chi connectivity index (χ0n) is 21.4. The first kappa shape index (κ1) is 25.1. The second-order valence-corrected chi connectivity index (χ2v) is 13.6. The maximum absolute atomic E-state index is 14.0. The number of aromatic nitrogens is 2.